The molecule has 0 bridgehead atoms. The summed E-state index contributed by atoms with van der Waals surface area (Å²) < 4.78 is 25.7. The highest BCUT2D eigenvalue weighted by molar-refractivity contribution is 6.01. The number of aromatic nitrogens is 1. The number of amides is 2. The third-order valence-corrected chi connectivity index (χ3v) is 10.4. The first kappa shape index (κ1) is 31.4. The van der Waals surface area contributed by atoms with Crippen molar-refractivity contribution in [1.29, 1.82) is 0 Å². The number of hydrogen-bond donors (Lipinski definition) is 2. The molecule has 1 aromatic heterocycles. The van der Waals surface area contributed by atoms with Crippen molar-refractivity contribution >= 4 is 34.4 Å². The molecule has 43 heavy (non-hydrogen) atoms. The number of fused-ring (bicyclic) bond motifs is 1. The number of carbonyl (C=O) groups excluding carboxylic acids is 3. The highest BCUT2D eigenvalue weighted by Gasteiger charge is 2.47. The number of likely N-dealkylation sites (tertiary alicyclic amines) is 1. The van der Waals surface area contributed by atoms with E-state index in [9.17, 15) is 18.8 Å². The Morgan fingerprint density at radius 1 is 1.05 bits per heavy atom. The van der Waals surface area contributed by atoms with Crippen LogP contribution in [0.5, 0.6) is 0 Å². The van der Waals surface area contributed by atoms with Gasteiger partial charge in [-0.2, -0.15) is 0 Å². The number of methoxy groups -OCH3 is 1. The first-order valence-electron chi connectivity index (χ1n) is 16.0. The Morgan fingerprint density at radius 2 is 1.77 bits per heavy atom. The first-order valence-corrected chi connectivity index (χ1v) is 16.0. The second-order valence-electron chi connectivity index (χ2n) is 12.7. The highest BCUT2D eigenvalue weighted by Crippen LogP contribution is 2.42. The lowest BCUT2D eigenvalue weighted by Crippen LogP contribution is -2.50. The van der Waals surface area contributed by atoms with Gasteiger partial charge in [0, 0.05) is 49.3 Å². The fourth-order valence-electron chi connectivity index (χ4n) is 7.84. The zero-order valence-electron chi connectivity index (χ0n) is 25.7. The number of esters is 1. The Kier molecular flexibility index (Phi) is 10.1. The summed E-state index contributed by atoms with van der Waals surface area (Å²) in [6, 6.07) is 6.34. The van der Waals surface area contributed by atoms with E-state index < -0.39 is 24.7 Å². The topological polar surface area (TPSA) is 116 Å². The van der Waals surface area contributed by atoms with Gasteiger partial charge in [-0.05, 0) is 107 Å². The smallest absolute Gasteiger partial charge is 0.354 e. The zero-order valence-corrected chi connectivity index (χ0v) is 25.7. The highest BCUT2D eigenvalue weighted by atomic mass is 19.1. The maximum atomic E-state index is 14.1. The van der Waals surface area contributed by atoms with Crippen LogP contribution in [-0.4, -0.2) is 72.4 Å². The maximum absolute atomic E-state index is 14.1. The van der Waals surface area contributed by atoms with Crippen LogP contribution in [0.2, 0.25) is 0 Å². The van der Waals surface area contributed by atoms with Crippen LogP contribution >= 0.6 is 0 Å². The van der Waals surface area contributed by atoms with Crippen molar-refractivity contribution in [3.63, 3.8) is 0 Å². The number of carbonyl (C=O) groups is 3. The molecular weight excluding hydrogens is 551 g/mol. The number of aryl methyl sites for hydroxylation is 1. The molecule has 2 saturated carbocycles. The van der Waals surface area contributed by atoms with E-state index in [0.717, 1.165) is 55.8 Å². The number of anilines is 1. The maximum Gasteiger partial charge on any atom is 0.354 e. The lowest BCUT2D eigenvalue weighted by molar-refractivity contribution is -0.142. The number of nitrogens with one attached hydrogen (secondary N) is 1. The average molecular weight is 599 g/mol. The molecule has 3 N–H and O–H groups in total. The Bertz CT molecular complexity index is 1300. The molecule has 3 aliphatic rings. The van der Waals surface area contributed by atoms with E-state index in [2.05, 4.69) is 5.32 Å². The number of nitrogens with zero attached hydrogens (tertiary/aromatic N) is 2. The Labute approximate surface area is 253 Å². The van der Waals surface area contributed by atoms with Gasteiger partial charge >= 0.3 is 5.97 Å². The third-order valence-electron chi connectivity index (χ3n) is 10.4. The Balaban J connectivity index is 1.35. The molecule has 1 saturated heterocycles. The number of benzene rings is 1. The number of rotatable bonds is 9. The van der Waals surface area contributed by atoms with Crippen molar-refractivity contribution in [1.82, 2.24) is 9.47 Å². The van der Waals surface area contributed by atoms with E-state index in [4.69, 9.17) is 15.2 Å². The van der Waals surface area contributed by atoms with Crippen molar-refractivity contribution in [2.24, 2.45) is 36.5 Å². The second-order valence-corrected chi connectivity index (χ2v) is 12.7. The third kappa shape index (κ3) is 6.60. The van der Waals surface area contributed by atoms with Crippen molar-refractivity contribution < 1.29 is 28.2 Å². The molecule has 0 radical (unpaired) electrons. The van der Waals surface area contributed by atoms with Crippen LogP contribution in [0.15, 0.2) is 24.3 Å². The van der Waals surface area contributed by atoms with E-state index in [-0.39, 0.29) is 35.7 Å². The average Bonchev–Trinajstić information content (AvgIpc) is 3.62. The normalized spacial score (nSPS) is 28.5. The standard InChI is InChI=1S/C33H47FN4O5/c1-4-43-33(41)29-18-23-17-24(11-14-28(23)37(29)2)36-31(39)30-26(20-9-12-25(42-3)13-10-20)15-16-38(30)32(40)22-7-5-21(6-8-22)27(35)19-34/h11,14,17-18,20-22,25-27,30H,4-10,12-13,15-16,19,35H2,1-3H3,(H,36,39)/t20?,21-,22-,25?,26-,27?,30-/m0/s1. The van der Waals surface area contributed by atoms with Crippen LogP contribution < -0.4 is 11.1 Å². The number of ether oxygens (including phenoxy) is 2. The summed E-state index contributed by atoms with van der Waals surface area (Å²) in [5, 5.41) is 3.94. The van der Waals surface area contributed by atoms with Gasteiger partial charge in [0.1, 0.15) is 18.4 Å². The molecule has 1 unspecified atom stereocenters. The number of hydrogen-bond acceptors (Lipinski definition) is 6. The molecule has 0 spiro atoms. The fraction of sp³-hybridized carbons (Fsp3) is 0.667. The van der Waals surface area contributed by atoms with E-state index in [1.807, 2.05) is 30.1 Å². The summed E-state index contributed by atoms with van der Waals surface area (Å²) in [5.74, 6) is -0.151. The molecule has 2 aromatic rings. The summed E-state index contributed by atoms with van der Waals surface area (Å²) in [6.07, 6.45) is 7.78. The van der Waals surface area contributed by atoms with Gasteiger partial charge in [-0.15, -0.1) is 0 Å². The van der Waals surface area contributed by atoms with Gasteiger partial charge < -0.3 is 30.0 Å². The zero-order chi connectivity index (χ0) is 30.7. The molecular formula is C33H47FN4O5. The van der Waals surface area contributed by atoms with Crippen LogP contribution in [0, 0.1) is 23.7 Å². The first-order chi connectivity index (χ1) is 20.7. The van der Waals surface area contributed by atoms with Gasteiger partial charge in [-0.3, -0.25) is 9.59 Å². The minimum absolute atomic E-state index is 0.0399. The van der Waals surface area contributed by atoms with Crippen molar-refractivity contribution in [2.75, 3.05) is 32.3 Å². The molecule has 3 fully saturated rings. The molecule has 5 rings (SSSR count). The van der Waals surface area contributed by atoms with Gasteiger partial charge in [0.2, 0.25) is 11.8 Å². The predicted octanol–water partition coefficient (Wildman–Crippen LogP) is 4.82. The van der Waals surface area contributed by atoms with E-state index >= 15 is 0 Å². The van der Waals surface area contributed by atoms with Gasteiger partial charge in [-0.1, -0.05) is 0 Å². The van der Waals surface area contributed by atoms with E-state index in [1.54, 1.807) is 24.7 Å². The molecule has 236 valence electrons. The predicted molar refractivity (Wildman–Crippen MR) is 163 cm³/mol. The monoisotopic (exact) mass is 598 g/mol. The van der Waals surface area contributed by atoms with Crippen LogP contribution in [-0.2, 0) is 26.1 Å². The number of alkyl halides is 1. The van der Waals surface area contributed by atoms with Crippen LogP contribution in [0.1, 0.15) is 75.2 Å². The summed E-state index contributed by atoms with van der Waals surface area (Å²) in [4.78, 5) is 42.3. The molecule has 9 nitrogen and oxygen atoms in total. The summed E-state index contributed by atoms with van der Waals surface area (Å²) in [7, 11) is 3.57. The lowest BCUT2D eigenvalue weighted by atomic mass is 9.75. The van der Waals surface area contributed by atoms with Crippen LogP contribution in [0.4, 0.5) is 10.1 Å². The summed E-state index contributed by atoms with van der Waals surface area (Å²) >= 11 is 0. The summed E-state index contributed by atoms with van der Waals surface area (Å²) in [6.45, 7) is 2.09. The molecule has 2 aliphatic carbocycles. The number of nitrogens with two attached hydrogens (primary N) is 1. The van der Waals surface area contributed by atoms with E-state index in [0.29, 0.717) is 43.3 Å². The lowest BCUT2D eigenvalue weighted by Gasteiger charge is -2.37. The minimum atomic E-state index is -0.552. The van der Waals surface area contributed by atoms with Gasteiger partial charge in [0.25, 0.3) is 0 Å². The molecule has 3 atom stereocenters. The molecule has 2 heterocycles. The van der Waals surface area contributed by atoms with Crippen molar-refractivity contribution in [3.8, 4) is 0 Å². The quantitative estimate of drug-likeness (QED) is 0.400. The SMILES string of the molecule is CCOC(=O)c1cc2cc(NC(=O)[C@@H]3[C@H](C4CCC(OC)CC4)CCN3C(=O)[C@H]3CC[C@H](C(N)CF)CC3)ccc2n1C. The fourth-order valence-corrected chi connectivity index (χ4v) is 7.84. The minimum Gasteiger partial charge on any atom is -0.461 e. The molecule has 1 aromatic carbocycles. The van der Waals surface area contributed by atoms with Gasteiger partial charge in [0.05, 0.1) is 12.7 Å². The van der Waals surface area contributed by atoms with Crippen molar-refractivity contribution in [3.05, 3.63) is 30.0 Å². The van der Waals surface area contributed by atoms with Crippen LogP contribution in [0.3, 0.4) is 0 Å². The Morgan fingerprint density at radius 3 is 2.42 bits per heavy atom. The largest absolute Gasteiger partial charge is 0.461 e. The van der Waals surface area contributed by atoms with E-state index in [1.165, 1.54) is 0 Å². The Hall–Kier alpha value is -2.98. The molecule has 10 heteroatoms. The van der Waals surface area contributed by atoms with Gasteiger partial charge in [0.15, 0.2) is 0 Å². The molecule has 1 aliphatic heterocycles. The molecule has 2 amide bonds. The second kappa shape index (κ2) is 13.8. The van der Waals surface area contributed by atoms with Gasteiger partial charge in [-0.25, -0.2) is 9.18 Å². The van der Waals surface area contributed by atoms with Crippen LogP contribution in [0.25, 0.3) is 10.9 Å². The number of halogens is 1. The summed E-state index contributed by atoms with van der Waals surface area (Å²) in [5.41, 5.74) is 7.89. The van der Waals surface area contributed by atoms with Crippen molar-refractivity contribution in [2.45, 2.75) is 82.9 Å².